The van der Waals surface area contributed by atoms with E-state index in [0.29, 0.717) is 5.02 Å². The average molecular weight is 374 g/mol. The molecule has 0 N–H and O–H groups in total. The molecule has 0 aliphatic carbocycles. The Morgan fingerprint density at radius 2 is 2.17 bits per heavy atom. The number of hydrogen-bond donors (Lipinski definition) is 0. The van der Waals surface area contributed by atoms with Gasteiger partial charge in [0.1, 0.15) is 5.58 Å². The fourth-order valence-corrected chi connectivity index (χ4v) is 4.66. The third-order valence-corrected chi connectivity index (χ3v) is 6.12. The molecule has 0 saturated carbocycles. The van der Waals surface area contributed by atoms with Gasteiger partial charge < -0.3 is 4.42 Å². The van der Waals surface area contributed by atoms with Crippen LogP contribution >= 0.6 is 34.7 Å². The molecule has 2 heterocycles. The molecule has 0 amide bonds. The normalized spacial score (nSPS) is 11.4. The Balaban J connectivity index is 1.56. The molecule has 6 heteroatoms. The summed E-state index contributed by atoms with van der Waals surface area (Å²) >= 11 is 8.90. The average Bonchev–Trinajstić information content (AvgIpc) is 3.12. The highest BCUT2D eigenvalue weighted by atomic mass is 35.5. The van der Waals surface area contributed by atoms with Gasteiger partial charge in [-0.15, -0.1) is 11.3 Å². The maximum absolute atomic E-state index is 12.4. The first-order valence-corrected chi connectivity index (χ1v) is 9.34. The van der Waals surface area contributed by atoms with Gasteiger partial charge in [-0.1, -0.05) is 23.7 Å². The number of fused-ring (bicyclic) bond motifs is 2. The number of furan rings is 1. The summed E-state index contributed by atoms with van der Waals surface area (Å²) in [5.74, 6) is 0. The summed E-state index contributed by atoms with van der Waals surface area (Å²) < 4.78 is 7.40. The SMILES string of the molecule is Cc1cc2occ(CC(=O)Sc3nc4ccccc4s3)c2cc1Cl. The Morgan fingerprint density at radius 3 is 3.00 bits per heavy atom. The lowest BCUT2D eigenvalue weighted by Crippen LogP contribution is -1.96. The van der Waals surface area contributed by atoms with Gasteiger partial charge in [0.15, 0.2) is 9.45 Å². The van der Waals surface area contributed by atoms with E-state index in [9.17, 15) is 4.79 Å². The van der Waals surface area contributed by atoms with E-state index in [1.165, 1.54) is 23.1 Å². The number of thiazole rings is 1. The van der Waals surface area contributed by atoms with Crippen molar-refractivity contribution in [2.75, 3.05) is 0 Å². The van der Waals surface area contributed by atoms with Crippen LogP contribution in [0.3, 0.4) is 0 Å². The van der Waals surface area contributed by atoms with E-state index in [2.05, 4.69) is 4.98 Å². The molecule has 0 aliphatic rings. The van der Waals surface area contributed by atoms with Gasteiger partial charge in [-0.2, -0.15) is 0 Å². The second-order valence-electron chi connectivity index (χ2n) is 5.46. The molecule has 0 unspecified atom stereocenters. The number of halogens is 1. The van der Waals surface area contributed by atoms with Crippen molar-refractivity contribution in [1.82, 2.24) is 4.98 Å². The van der Waals surface area contributed by atoms with Gasteiger partial charge >= 0.3 is 0 Å². The van der Waals surface area contributed by atoms with Crippen LogP contribution < -0.4 is 0 Å². The number of carbonyl (C=O) groups is 1. The highest BCUT2D eigenvalue weighted by molar-refractivity contribution is 8.15. The molecular weight excluding hydrogens is 362 g/mol. The third kappa shape index (κ3) is 2.95. The quantitative estimate of drug-likeness (QED) is 0.421. The Bertz CT molecular complexity index is 1030. The van der Waals surface area contributed by atoms with Crippen molar-refractivity contribution in [3.05, 3.63) is 58.8 Å². The van der Waals surface area contributed by atoms with Crippen LogP contribution in [-0.4, -0.2) is 10.1 Å². The summed E-state index contributed by atoms with van der Waals surface area (Å²) in [6, 6.07) is 11.6. The molecule has 0 bridgehead atoms. The first-order valence-electron chi connectivity index (χ1n) is 7.32. The summed E-state index contributed by atoms with van der Waals surface area (Å²) in [7, 11) is 0. The zero-order valence-electron chi connectivity index (χ0n) is 12.7. The van der Waals surface area contributed by atoms with Crippen LogP contribution in [0.25, 0.3) is 21.2 Å². The van der Waals surface area contributed by atoms with Gasteiger partial charge in [-0.3, -0.25) is 4.79 Å². The maximum atomic E-state index is 12.4. The molecule has 2 aromatic heterocycles. The number of rotatable bonds is 3. The molecule has 0 spiro atoms. The van der Waals surface area contributed by atoms with Gasteiger partial charge in [0.2, 0.25) is 0 Å². The van der Waals surface area contributed by atoms with E-state index in [1.54, 1.807) is 6.26 Å². The molecule has 4 rings (SSSR count). The number of hydrogen-bond acceptors (Lipinski definition) is 5. The topological polar surface area (TPSA) is 43.1 Å². The number of aryl methyl sites for hydroxylation is 1. The van der Waals surface area contributed by atoms with Gasteiger partial charge in [0.25, 0.3) is 0 Å². The number of para-hydroxylation sites is 1. The molecule has 0 fully saturated rings. The Kier molecular flexibility index (Phi) is 4.08. The van der Waals surface area contributed by atoms with E-state index >= 15 is 0 Å². The van der Waals surface area contributed by atoms with Crippen LogP contribution in [0.1, 0.15) is 11.1 Å². The van der Waals surface area contributed by atoms with Crippen molar-refractivity contribution in [2.24, 2.45) is 0 Å². The Hall–Kier alpha value is -1.82. The molecule has 3 nitrogen and oxygen atoms in total. The fourth-order valence-electron chi connectivity index (χ4n) is 2.52. The minimum Gasteiger partial charge on any atom is -0.464 e. The van der Waals surface area contributed by atoms with Crippen LogP contribution in [0.5, 0.6) is 0 Å². The van der Waals surface area contributed by atoms with Crippen molar-refractivity contribution < 1.29 is 9.21 Å². The van der Waals surface area contributed by atoms with Gasteiger partial charge in [-0.05, 0) is 48.5 Å². The first-order chi connectivity index (χ1) is 11.6. The molecule has 24 heavy (non-hydrogen) atoms. The monoisotopic (exact) mass is 373 g/mol. The lowest BCUT2D eigenvalue weighted by atomic mass is 10.1. The lowest BCUT2D eigenvalue weighted by molar-refractivity contribution is -0.110. The zero-order valence-corrected chi connectivity index (χ0v) is 15.1. The van der Waals surface area contributed by atoms with Gasteiger partial charge in [0.05, 0.1) is 16.5 Å². The summed E-state index contributed by atoms with van der Waals surface area (Å²) in [5.41, 5.74) is 3.49. The smallest absolute Gasteiger partial charge is 0.200 e. The van der Waals surface area contributed by atoms with Crippen LogP contribution in [0.15, 0.2) is 51.4 Å². The molecule has 0 saturated heterocycles. The van der Waals surface area contributed by atoms with E-state index < -0.39 is 0 Å². The number of thioether (sulfide) groups is 1. The zero-order chi connectivity index (χ0) is 16.7. The highest BCUT2D eigenvalue weighted by Crippen LogP contribution is 2.32. The third-order valence-electron chi connectivity index (χ3n) is 3.75. The highest BCUT2D eigenvalue weighted by Gasteiger charge is 2.15. The molecule has 0 atom stereocenters. The predicted molar refractivity (Wildman–Crippen MR) is 100 cm³/mol. The van der Waals surface area contributed by atoms with Crippen molar-refractivity contribution >= 4 is 61.0 Å². The summed E-state index contributed by atoms with van der Waals surface area (Å²) in [6.45, 7) is 1.93. The van der Waals surface area contributed by atoms with Crippen molar-refractivity contribution in [3.63, 3.8) is 0 Å². The molecule has 120 valence electrons. The van der Waals surface area contributed by atoms with Crippen molar-refractivity contribution in [2.45, 2.75) is 17.7 Å². The molecule has 2 aromatic carbocycles. The van der Waals surface area contributed by atoms with E-state index in [4.69, 9.17) is 16.0 Å². The molecule has 4 aromatic rings. The number of nitrogens with zero attached hydrogens (tertiary/aromatic N) is 1. The number of aromatic nitrogens is 1. The standard InChI is InChI=1S/C18H12ClNO2S2/c1-10-6-15-12(8-13(10)19)11(9-22-15)7-17(21)24-18-20-14-4-2-3-5-16(14)23-18/h2-6,8-9H,7H2,1H3. The van der Waals surface area contributed by atoms with Crippen LogP contribution in [0.4, 0.5) is 0 Å². The van der Waals surface area contributed by atoms with Crippen LogP contribution in [-0.2, 0) is 11.2 Å². The minimum atomic E-state index is 0.0356. The maximum Gasteiger partial charge on any atom is 0.200 e. The van der Waals surface area contributed by atoms with Gasteiger partial charge in [0, 0.05) is 22.4 Å². The predicted octanol–water partition coefficient (Wildman–Crippen LogP) is 5.87. The van der Waals surface area contributed by atoms with E-state index in [-0.39, 0.29) is 11.5 Å². The summed E-state index contributed by atoms with van der Waals surface area (Å²) in [6.07, 6.45) is 1.92. The van der Waals surface area contributed by atoms with Crippen molar-refractivity contribution in [3.8, 4) is 0 Å². The van der Waals surface area contributed by atoms with Crippen molar-refractivity contribution in [1.29, 1.82) is 0 Å². The first kappa shape index (κ1) is 15.7. The molecular formula is C18H12ClNO2S2. The largest absolute Gasteiger partial charge is 0.464 e. The summed E-state index contributed by atoms with van der Waals surface area (Å²) in [5, 5.41) is 1.61. The number of benzene rings is 2. The van der Waals surface area contributed by atoms with Crippen LogP contribution in [0.2, 0.25) is 5.02 Å². The molecule has 0 radical (unpaired) electrons. The number of carbonyl (C=O) groups excluding carboxylic acids is 1. The Morgan fingerprint density at radius 1 is 1.33 bits per heavy atom. The molecule has 0 aliphatic heterocycles. The van der Waals surface area contributed by atoms with Gasteiger partial charge in [-0.25, -0.2) is 4.98 Å². The fraction of sp³-hybridized carbons (Fsp3) is 0.111. The second kappa shape index (κ2) is 6.24. The van der Waals surface area contributed by atoms with E-state index in [1.807, 2.05) is 43.3 Å². The lowest BCUT2D eigenvalue weighted by Gasteiger charge is -1.99. The minimum absolute atomic E-state index is 0.0356. The van der Waals surface area contributed by atoms with Crippen LogP contribution in [0, 0.1) is 6.92 Å². The second-order valence-corrected chi connectivity index (χ2v) is 8.20. The summed E-state index contributed by atoms with van der Waals surface area (Å²) in [4.78, 5) is 16.9. The Labute approximate surface area is 151 Å². The van der Waals surface area contributed by atoms with E-state index in [0.717, 1.165) is 36.7 Å².